The lowest BCUT2D eigenvalue weighted by atomic mass is 10.2. The number of nitrogens with zero attached hydrogens (tertiary/aromatic N) is 1. The van der Waals surface area contributed by atoms with Crippen molar-refractivity contribution in [2.75, 3.05) is 0 Å². The molecule has 1 aromatic heterocycles. The van der Waals surface area contributed by atoms with Gasteiger partial charge in [0.25, 0.3) is 0 Å². The summed E-state index contributed by atoms with van der Waals surface area (Å²) < 4.78 is 1.53. The van der Waals surface area contributed by atoms with Crippen molar-refractivity contribution in [1.29, 1.82) is 5.26 Å². The summed E-state index contributed by atoms with van der Waals surface area (Å²) in [4.78, 5) is 0.982. The minimum atomic E-state index is 0.261. The molecule has 2 aromatic rings. The molecule has 0 aliphatic carbocycles. The Hall–Kier alpha value is -1.05. The quantitative estimate of drug-likeness (QED) is 0.861. The van der Waals surface area contributed by atoms with Gasteiger partial charge in [-0.15, -0.1) is 11.3 Å². The summed E-state index contributed by atoms with van der Waals surface area (Å²) in [5.41, 5.74) is 0. The number of phenolic OH excluding ortho intramolecular Hbond substituents is 1. The van der Waals surface area contributed by atoms with Gasteiger partial charge < -0.3 is 5.11 Å². The molecule has 0 fully saturated rings. The number of thiophene rings is 1. The smallest absolute Gasteiger partial charge is 0.147 e. The van der Waals surface area contributed by atoms with E-state index in [0.717, 1.165) is 15.0 Å². The average molecular weight is 268 g/mol. The molecule has 0 amide bonds. The van der Waals surface area contributed by atoms with Gasteiger partial charge in [-0.1, -0.05) is 6.07 Å². The van der Waals surface area contributed by atoms with Gasteiger partial charge in [-0.25, -0.2) is 0 Å². The number of hydrogen-bond acceptors (Lipinski definition) is 3. The van der Waals surface area contributed by atoms with Crippen LogP contribution in [0.5, 0.6) is 5.75 Å². The molecule has 0 saturated carbocycles. The zero-order valence-corrected chi connectivity index (χ0v) is 9.52. The third-order valence-corrected chi connectivity index (χ3v) is 3.71. The Morgan fingerprint density at radius 3 is 3.00 bits per heavy atom. The van der Waals surface area contributed by atoms with E-state index in [1.165, 1.54) is 11.3 Å². The highest BCUT2D eigenvalue weighted by molar-refractivity contribution is 9.10. The number of phenols is 1. The summed E-state index contributed by atoms with van der Waals surface area (Å²) in [6.45, 7) is 0. The lowest BCUT2D eigenvalue weighted by molar-refractivity contribution is 0.479. The van der Waals surface area contributed by atoms with Crippen LogP contribution in [0.3, 0.4) is 0 Å². The number of aromatic hydroxyl groups is 1. The first-order chi connectivity index (χ1) is 6.72. The van der Waals surface area contributed by atoms with E-state index in [1.54, 1.807) is 6.07 Å². The molecule has 0 bridgehead atoms. The zero-order chi connectivity index (χ0) is 10.1. The second-order valence-electron chi connectivity index (χ2n) is 2.86. The number of fused-ring (bicyclic) bond motifs is 1. The van der Waals surface area contributed by atoms with Gasteiger partial charge in [0.1, 0.15) is 5.75 Å². The summed E-state index contributed by atoms with van der Waals surface area (Å²) in [6.07, 6.45) is 0.399. The van der Waals surface area contributed by atoms with E-state index in [-0.39, 0.29) is 5.75 Å². The largest absolute Gasteiger partial charge is 0.505 e. The first-order valence-electron chi connectivity index (χ1n) is 3.99. The monoisotopic (exact) mass is 267 g/mol. The van der Waals surface area contributed by atoms with Gasteiger partial charge >= 0.3 is 0 Å². The van der Waals surface area contributed by atoms with E-state index in [1.807, 2.05) is 12.1 Å². The normalized spacial score (nSPS) is 10.3. The molecule has 0 unspecified atom stereocenters. The van der Waals surface area contributed by atoms with Crippen molar-refractivity contribution in [2.24, 2.45) is 0 Å². The maximum Gasteiger partial charge on any atom is 0.147 e. The Morgan fingerprint density at radius 1 is 1.50 bits per heavy atom. The van der Waals surface area contributed by atoms with Crippen molar-refractivity contribution < 1.29 is 5.11 Å². The zero-order valence-electron chi connectivity index (χ0n) is 7.12. The first kappa shape index (κ1) is 9.50. The van der Waals surface area contributed by atoms with Crippen molar-refractivity contribution in [2.45, 2.75) is 6.42 Å². The SMILES string of the molecule is N#CCc1cc2ccc(Br)c(O)c2s1. The van der Waals surface area contributed by atoms with Crippen molar-refractivity contribution in [3.8, 4) is 11.8 Å². The standard InChI is InChI=1S/C10H6BrNOS/c11-8-2-1-6-5-7(3-4-12)14-10(6)9(8)13/h1-2,5,13H,3H2. The highest BCUT2D eigenvalue weighted by Crippen LogP contribution is 2.37. The van der Waals surface area contributed by atoms with Crippen LogP contribution in [0.2, 0.25) is 0 Å². The molecular formula is C10H6BrNOS. The fourth-order valence-corrected chi connectivity index (χ4v) is 2.78. The lowest BCUT2D eigenvalue weighted by Crippen LogP contribution is -1.68. The molecule has 0 aliphatic heterocycles. The first-order valence-corrected chi connectivity index (χ1v) is 5.60. The number of benzene rings is 1. The Kier molecular flexibility index (Phi) is 2.44. The molecule has 0 spiro atoms. The summed E-state index contributed by atoms with van der Waals surface area (Å²) in [7, 11) is 0. The van der Waals surface area contributed by atoms with Crippen molar-refractivity contribution in [1.82, 2.24) is 0 Å². The highest BCUT2D eigenvalue weighted by Gasteiger charge is 2.08. The molecule has 1 N–H and O–H groups in total. The van der Waals surface area contributed by atoms with Gasteiger partial charge in [0.15, 0.2) is 0 Å². The number of halogens is 1. The van der Waals surface area contributed by atoms with Gasteiger partial charge in [-0.3, -0.25) is 0 Å². The molecular weight excluding hydrogens is 262 g/mol. The maximum absolute atomic E-state index is 9.72. The molecule has 4 heteroatoms. The maximum atomic E-state index is 9.72. The molecule has 0 radical (unpaired) electrons. The average Bonchev–Trinajstić information content (AvgIpc) is 2.56. The molecule has 1 aromatic carbocycles. The van der Waals surface area contributed by atoms with Crippen LogP contribution < -0.4 is 0 Å². The Morgan fingerprint density at radius 2 is 2.29 bits per heavy atom. The predicted octanol–water partition coefficient (Wildman–Crippen LogP) is 3.44. The highest BCUT2D eigenvalue weighted by atomic mass is 79.9. The van der Waals surface area contributed by atoms with Crippen molar-refractivity contribution in [3.05, 3.63) is 27.5 Å². The van der Waals surface area contributed by atoms with Crippen LogP contribution in [0.25, 0.3) is 10.1 Å². The molecule has 2 nitrogen and oxygen atoms in total. The van der Waals surface area contributed by atoms with Crippen LogP contribution in [0.15, 0.2) is 22.7 Å². The Balaban J connectivity index is 2.66. The number of nitriles is 1. The molecule has 70 valence electrons. The van der Waals surface area contributed by atoms with Gasteiger partial charge in [-0.2, -0.15) is 5.26 Å². The van der Waals surface area contributed by atoms with E-state index < -0.39 is 0 Å². The molecule has 0 aliphatic rings. The van der Waals surface area contributed by atoms with E-state index >= 15 is 0 Å². The van der Waals surface area contributed by atoms with Crippen LogP contribution in [-0.2, 0) is 6.42 Å². The van der Waals surface area contributed by atoms with Crippen LogP contribution in [0.1, 0.15) is 4.88 Å². The van der Waals surface area contributed by atoms with Crippen LogP contribution in [-0.4, -0.2) is 5.11 Å². The third-order valence-electron chi connectivity index (χ3n) is 1.92. The van der Waals surface area contributed by atoms with Crippen molar-refractivity contribution in [3.63, 3.8) is 0 Å². The van der Waals surface area contributed by atoms with Crippen LogP contribution in [0.4, 0.5) is 0 Å². The fraction of sp³-hybridized carbons (Fsp3) is 0.100. The van der Waals surface area contributed by atoms with Gasteiger partial charge in [0, 0.05) is 4.88 Å². The summed E-state index contributed by atoms with van der Waals surface area (Å²) in [5, 5.41) is 19.3. The molecule has 14 heavy (non-hydrogen) atoms. The predicted molar refractivity (Wildman–Crippen MR) is 60.5 cm³/mol. The number of hydrogen-bond donors (Lipinski definition) is 1. The fourth-order valence-electron chi connectivity index (χ4n) is 1.28. The summed E-state index contributed by atoms with van der Waals surface area (Å²) in [6, 6.07) is 7.77. The Labute approximate surface area is 93.5 Å². The minimum Gasteiger partial charge on any atom is -0.505 e. The second-order valence-corrected chi connectivity index (χ2v) is 4.85. The topological polar surface area (TPSA) is 44.0 Å². The molecule has 1 heterocycles. The summed E-state index contributed by atoms with van der Waals surface area (Å²) >= 11 is 4.72. The molecule has 0 atom stereocenters. The lowest BCUT2D eigenvalue weighted by Gasteiger charge is -1.96. The van der Waals surface area contributed by atoms with E-state index in [0.29, 0.717) is 10.9 Å². The summed E-state index contributed by atoms with van der Waals surface area (Å²) in [5.74, 6) is 0.261. The number of rotatable bonds is 1. The molecule has 0 saturated heterocycles. The van der Waals surface area contributed by atoms with Crippen LogP contribution in [0, 0.1) is 11.3 Å². The van der Waals surface area contributed by atoms with Crippen LogP contribution >= 0.6 is 27.3 Å². The van der Waals surface area contributed by atoms with Gasteiger partial charge in [0.2, 0.25) is 0 Å². The second kappa shape index (κ2) is 3.60. The van der Waals surface area contributed by atoms with E-state index in [2.05, 4.69) is 22.0 Å². The van der Waals surface area contributed by atoms with E-state index in [4.69, 9.17) is 5.26 Å². The molecule has 2 rings (SSSR count). The van der Waals surface area contributed by atoms with Gasteiger partial charge in [-0.05, 0) is 33.4 Å². The van der Waals surface area contributed by atoms with E-state index in [9.17, 15) is 5.11 Å². The minimum absolute atomic E-state index is 0.261. The Bertz CT molecular complexity index is 527. The van der Waals surface area contributed by atoms with Gasteiger partial charge in [0.05, 0.1) is 21.7 Å². The third kappa shape index (κ3) is 1.49. The van der Waals surface area contributed by atoms with Crippen molar-refractivity contribution >= 4 is 37.4 Å².